The molecule has 1 aliphatic carbocycles. The monoisotopic (exact) mass is 223 g/mol. The minimum Gasteiger partial charge on any atom is -0.316 e. The Morgan fingerprint density at radius 1 is 1.06 bits per heavy atom. The predicted molar refractivity (Wildman–Crippen MR) is 72.6 cm³/mol. The summed E-state index contributed by atoms with van der Waals surface area (Å²) in [6.07, 6.45) is 11.5. The van der Waals surface area contributed by atoms with Crippen LogP contribution in [0.15, 0.2) is 12.2 Å². The standard InChI is InChI=1S/C15H29N/c1-4-8-16-9-6-5-7-15-11-13(2)10-14(3)12-15/h5,7,13-16H,4,6,8-12H2,1-3H3. The lowest BCUT2D eigenvalue weighted by Gasteiger charge is -2.29. The number of hydrogen-bond donors (Lipinski definition) is 1. The maximum Gasteiger partial charge on any atom is -0.00143 e. The van der Waals surface area contributed by atoms with Crippen LogP contribution in [0.25, 0.3) is 0 Å². The van der Waals surface area contributed by atoms with Crippen molar-refractivity contribution in [3.05, 3.63) is 12.2 Å². The minimum absolute atomic E-state index is 0.852. The Bertz CT molecular complexity index is 188. The van der Waals surface area contributed by atoms with Crippen LogP contribution in [0.4, 0.5) is 0 Å². The molecule has 0 spiro atoms. The van der Waals surface area contributed by atoms with Gasteiger partial charge in [0.1, 0.15) is 0 Å². The molecule has 16 heavy (non-hydrogen) atoms. The Morgan fingerprint density at radius 3 is 2.38 bits per heavy atom. The van der Waals surface area contributed by atoms with E-state index in [1.165, 1.54) is 32.1 Å². The summed E-state index contributed by atoms with van der Waals surface area (Å²) in [5, 5.41) is 3.44. The first-order valence-corrected chi connectivity index (χ1v) is 7.09. The lowest BCUT2D eigenvalue weighted by molar-refractivity contribution is 0.252. The van der Waals surface area contributed by atoms with Crippen molar-refractivity contribution in [2.75, 3.05) is 13.1 Å². The van der Waals surface area contributed by atoms with Crippen LogP contribution in [0.3, 0.4) is 0 Å². The normalized spacial score (nSPS) is 31.1. The van der Waals surface area contributed by atoms with Crippen LogP contribution in [0.2, 0.25) is 0 Å². The highest BCUT2D eigenvalue weighted by molar-refractivity contribution is 4.92. The fourth-order valence-corrected chi connectivity index (χ4v) is 2.94. The summed E-state index contributed by atoms with van der Waals surface area (Å²) in [7, 11) is 0. The zero-order valence-electron chi connectivity index (χ0n) is 11.3. The molecule has 1 heteroatoms. The van der Waals surface area contributed by atoms with Gasteiger partial charge in [0.15, 0.2) is 0 Å². The molecular weight excluding hydrogens is 194 g/mol. The summed E-state index contributed by atoms with van der Waals surface area (Å²) in [6, 6.07) is 0. The van der Waals surface area contributed by atoms with E-state index in [9.17, 15) is 0 Å². The third-order valence-electron chi connectivity index (χ3n) is 3.54. The first kappa shape index (κ1) is 13.8. The van der Waals surface area contributed by atoms with Gasteiger partial charge in [0.2, 0.25) is 0 Å². The van der Waals surface area contributed by atoms with Crippen LogP contribution in [0, 0.1) is 17.8 Å². The zero-order chi connectivity index (χ0) is 11.8. The van der Waals surface area contributed by atoms with E-state index in [0.29, 0.717) is 0 Å². The highest BCUT2D eigenvalue weighted by Crippen LogP contribution is 2.33. The topological polar surface area (TPSA) is 12.0 Å². The molecule has 1 rings (SSSR count). The van der Waals surface area contributed by atoms with Gasteiger partial charge in [0.05, 0.1) is 0 Å². The first-order valence-electron chi connectivity index (χ1n) is 7.09. The summed E-state index contributed by atoms with van der Waals surface area (Å²) in [6.45, 7) is 9.32. The lowest BCUT2D eigenvalue weighted by Crippen LogP contribution is -2.18. The molecule has 0 saturated heterocycles. The molecule has 0 aliphatic heterocycles. The quantitative estimate of drug-likeness (QED) is 0.530. The molecule has 0 amide bonds. The van der Waals surface area contributed by atoms with Gasteiger partial charge in [-0.15, -0.1) is 0 Å². The van der Waals surface area contributed by atoms with Crippen LogP contribution >= 0.6 is 0 Å². The largest absolute Gasteiger partial charge is 0.316 e. The SMILES string of the molecule is CCCNCCC=CC1CC(C)CC(C)C1. The average molecular weight is 223 g/mol. The Hall–Kier alpha value is -0.300. The number of allylic oxidation sites excluding steroid dienone is 1. The van der Waals surface area contributed by atoms with Crippen molar-refractivity contribution in [3.63, 3.8) is 0 Å². The molecular formula is C15H29N. The maximum atomic E-state index is 3.44. The van der Waals surface area contributed by atoms with Crippen LogP contribution in [0.5, 0.6) is 0 Å². The zero-order valence-corrected chi connectivity index (χ0v) is 11.3. The minimum atomic E-state index is 0.852. The molecule has 1 N–H and O–H groups in total. The van der Waals surface area contributed by atoms with Gasteiger partial charge in [-0.05, 0) is 62.9 Å². The smallest absolute Gasteiger partial charge is 0.00143 e. The molecule has 0 bridgehead atoms. The highest BCUT2D eigenvalue weighted by atomic mass is 14.8. The average Bonchev–Trinajstić information content (AvgIpc) is 2.22. The number of hydrogen-bond acceptors (Lipinski definition) is 1. The van der Waals surface area contributed by atoms with Crippen LogP contribution in [0.1, 0.15) is 52.9 Å². The highest BCUT2D eigenvalue weighted by Gasteiger charge is 2.21. The third kappa shape index (κ3) is 5.69. The van der Waals surface area contributed by atoms with E-state index in [-0.39, 0.29) is 0 Å². The molecule has 1 nitrogen and oxygen atoms in total. The first-order chi connectivity index (χ1) is 7.72. The van der Waals surface area contributed by atoms with Gasteiger partial charge in [-0.2, -0.15) is 0 Å². The molecule has 1 fully saturated rings. The van der Waals surface area contributed by atoms with E-state index in [1.807, 2.05) is 0 Å². The maximum absolute atomic E-state index is 3.44. The van der Waals surface area contributed by atoms with Crippen molar-refractivity contribution >= 4 is 0 Å². The Balaban J connectivity index is 2.12. The summed E-state index contributed by atoms with van der Waals surface area (Å²) < 4.78 is 0. The van der Waals surface area contributed by atoms with Gasteiger partial charge >= 0.3 is 0 Å². The number of nitrogens with one attached hydrogen (secondary N) is 1. The second-order valence-corrected chi connectivity index (χ2v) is 5.64. The molecule has 2 atom stereocenters. The van der Waals surface area contributed by atoms with Gasteiger partial charge in [-0.1, -0.05) is 32.9 Å². The fraction of sp³-hybridized carbons (Fsp3) is 0.867. The van der Waals surface area contributed by atoms with E-state index in [4.69, 9.17) is 0 Å². The lowest BCUT2D eigenvalue weighted by atomic mass is 9.76. The van der Waals surface area contributed by atoms with Gasteiger partial charge < -0.3 is 5.32 Å². The van der Waals surface area contributed by atoms with Crippen molar-refractivity contribution in [3.8, 4) is 0 Å². The molecule has 1 aliphatic rings. The van der Waals surface area contributed by atoms with Gasteiger partial charge in [-0.25, -0.2) is 0 Å². The van der Waals surface area contributed by atoms with E-state index in [0.717, 1.165) is 30.8 Å². The van der Waals surface area contributed by atoms with Crippen molar-refractivity contribution in [1.82, 2.24) is 5.32 Å². The molecule has 0 aromatic heterocycles. The Labute approximate surface area is 102 Å². The second-order valence-electron chi connectivity index (χ2n) is 5.64. The molecule has 0 radical (unpaired) electrons. The summed E-state index contributed by atoms with van der Waals surface area (Å²) in [4.78, 5) is 0. The molecule has 2 unspecified atom stereocenters. The molecule has 0 aromatic rings. The van der Waals surface area contributed by atoms with Gasteiger partial charge in [0.25, 0.3) is 0 Å². The summed E-state index contributed by atoms with van der Waals surface area (Å²) >= 11 is 0. The van der Waals surface area contributed by atoms with Crippen LogP contribution in [-0.2, 0) is 0 Å². The molecule has 1 saturated carbocycles. The summed E-state index contributed by atoms with van der Waals surface area (Å²) in [5.41, 5.74) is 0. The number of rotatable bonds is 6. The molecule has 94 valence electrons. The van der Waals surface area contributed by atoms with Crippen molar-refractivity contribution in [1.29, 1.82) is 0 Å². The van der Waals surface area contributed by atoms with E-state index < -0.39 is 0 Å². The summed E-state index contributed by atoms with van der Waals surface area (Å²) in [5.74, 6) is 2.71. The van der Waals surface area contributed by atoms with Gasteiger partial charge in [-0.3, -0.25) is 0 Å². The Kier molecular flexibility index (Phi) is 6.79. The van der Waals surface area contributed by atoms with E-state index in [2.05, 4.69) is 38.2 Å². The second kappa shape index (κ2) is 7.89. The van der Waals surface area contributed by atoms with Crippen molar-refractivity contribution in [2.45, 2.75) is 52.9 Å². The van der Waals surface area contributed by atoms with Crippen molar-refractivity contribution < 1.29 is 0 Å². The van der Waals surface area contributed by atoms with E-state index >= 15 is 0 Å². The van der Waals surface area contributed by atoms with E-state index in [1.54, 1.807) is 0 Å². The molecule has 0 aromatic carbocycles. The van der Waals surface area contributed by atoms with Crippen molar-refractivity contribution in [2.24, 2.45) is 17.8 Å². The van der Waals surface area contributed by atoms with Crippen LogP contribution in [-0.4, -0.2) is 13.1 Å². The van der Waals surface area contributed by atoms with Gasteiger partial charge in [0, 0.05) is 0 Å². The van der Waals surface area contributed by atoms with Crippen LogP contribution < -0.4 is 5.32 Å². The third-order valence-corrected chi connectivity index (χ3v) is 3.54. The Morgan fingerprint density at radius 2 is 1.75 bits per heavy atom. The fourth-order valence-electron chi connectivity index (χ4n) is 2.94. The molecule has 0 heterocycles. The predicted octanol–water partition coefficient (Wildman–Crippen LogP) is 4.00.